The van der Waals surface area contributed by atoms with Crippen LogP contribution in [0.2, 0.25) is 0 Å². The molecule has 136 valence electrons. The molecule has 0 fully saturated rings. The largest absolute Gasteiger partial charge is 0.287 e. The van der Waals surface area contributed by atoms with Crippen molar-refractivity contribution in [1.82, 2.24) is 0 Å². The molecule has 0 aliphatic rings. The molecular weight excluding hydrogens is 336 g/mol. The molecule has 0 amide bonds. The molecule has 2 nitrogen and oxygen atoms in total. The minimum Gasteiger partial charge on any atom is -0.287 e. The third kappa shape index (κ3) is 8.93. The number of hydrogen-bond acceptors (Lipinski definition) is 4. The molecule has 0 aromatic rings. The lowest BCUT2D eigenvalue weighted by Crippen LogP contribution is -2.15. The highest BCUT2D eigenvalue weighted by Gasteiger charge is 2.25. The number of thioether (sulfide) groups is 2. The van der Waals surface area contributed by atoms with Crippen LogP contribution in [0.4, 0.5) is 0 Å². The highest BCUT2D eigenvalue weighted by Crippen LogP contribution is 2.36. The summed E-state index contributed by atoms with van der Waals surface area (Å²) in [4.78, 5) is 24.8. The van der Waals surface area contributed by atoms with E-state index >= 15 is 0 Å². The lowest BCUT2D eigenvalue weighted by molar-refractivity contribution is -0.112. The van der Waals surface area contributed by atoms with Gasteiger partial charge in [0.1, 0.15) is 0 Å². The predicted molar refractivity (Wildman–Crippen MR) is 110 cm³/mol. The Balaban J connectivity index is 5.19. The summed E-state index contributed by atoms with van der Waals surface area (Å²) in [6.07, 6.45) is 3.92. The summed E-state index contributed by atoms with van der Waals surface area (Å²) >= 11 is 2.49. The van der Waals surface area contributed by atoms with Gasteiger partial charge >= 0.3 is 0 Å². The summed E-state index contributed by atoms with van der Waals surface area (Å²) in [5.74, 6) is 0.347. The fourth-order valence-corrected chi connectivity index (χ4v) is 4.32. The first-order valence-electron chi connectivity index (χ1n) is 8.25. The van der Waals surface area contributed by atoms with Crippen LogP contribution in [0, 0.1) is 11.3 Å². The molecule has 0 saturated carbocycles. The summed E-state index contributed by atoms with van der Waals surface area (Å²) in [6, 6.07) is 0. The topological polar surface area (TPSA) is 34.1 Å². The summed E-state index contributed by atoms with van der Waals surface area (Å²) in [5.41, 5.74) is 3.06. The van der Waals surface area contributed by atoms with Crippen LogP contribution in [0.1, 0.15) is 61.8 Å². The second kappa shape index (κ2) is 10.3. The molecule has 1 atom stereocenters. The number of carbonyl (C=O) groups excluding carboxylic acids is 2. The zero-order valence-electron chi connectivity index (χ0n) is 16.4. The number of hydrogen-bond donors (Lipinski definition) is 0. The Morgan fingerprint density at radius 2 is 1.62 bits per heavy atom. The molecule has 0 radical (unpaired) electrons. The second-order valence-electron chi connectivity index (χ2n) is 7.35. The molecule has 0 aliphatic carbocycles. The molecule has 1 unspecified atom stereocenters. The van der Waals surface area contributed by atoms with Crippen LogP contribution >= 0.6 is 23.5 Å². The van der Waals surface area contributed by atoms with Crippen molar-refractivity contribution in [3.63, 3.8) is 0 Å². The van der Waals surface area contributed by atoms with Gasteiger partial charge in [-0.1, -0.05) is 74.0 Å². The van der Waals surface area contributed by atoms with Crippen LogP contribution in [0.15, 0.2) is 35.5 Å². The average molecular weight is 369 g/mol. The van der Waals surface area contributed by atoms with E-state index in [9.17, 15) is 9.59 Å². The zero-order chi connectivity index (χ0) is 19.1. The Morgan fingerprint density at radius 3 is 2.04 bits per heavy atom. The molecule has 0 aromatic heterocycles. The molecule has 0 heterocycles. The number of carbonyl (C=O) groups is 2. The van der Waals surface area contributed by atoms with Crippen LogP contribution in [-0.4, -0.2) is 14.8 Å². The van der Waals surface area contributed by atoms with Gasteiger partial charge in [0.05, 0.1) is 4.58 Å². The van der Waals surface area contributed by atoms with Gasteiger partial charge in [0.25, 0.3) is 0 Å². The normalized spacial score (nSPS) is 13.6. The summed E-state index contributed by atoms with van der Waals surface area (Å²) in [7, 11) is 0. The van der Waals surface area contributed by atoms with E-state index < -0.39 is 0 Å². The van der Waals surface area contributed by atoms with Crippen molar-refractivity contribution in [2.45, 2.75) is 66.4 Å². The van der Waals surface area contributed by atoms with Crippen molar-refractivity contribution in [1.29, 1.82) is 0 Å². The quantitative estimate of drug-likeness (QED) is 0.282. The minimum absolute atomic E-state index is 0.00933. The molecule has 0 aromatic carbocycles. The molecule has 0 saturated heterocycles. The van der Waals surface area contributed by atoms with Gasteiger partial charge in [-0.25, -0.2) is 0 Å². The fourth-order valence-electron chi connectivity index (χ4n) is 1.53. The lowest BCUT2D eigenvalue weighted by Gasteiger charge is -2.21. The van der Waals surface area contributed by atoms with Gasteiger partial charge < -0.3 is 0 Å². The maximum Gasteiger partial charge on any atom is 0.213 e. The average Bonchev–Trinajstić information content (AvgIpc) is 2.44. The number of allylic oxidation sites excluding steroid dienone is 3. The van der Waals surface area contributed by atoms with E-state index in [1.165, 1.54) is 23.5 Å². The predicted octanol–water partition coefficient (Wildman–Crippen LogP) is 6.39. The Labute approximate surface area is 156 Å². The Bertz CT molecular complexity index is 536. The van der Waals surface area contributed by atoms with Gasteiger partial charge in [0.2, 0.25) is 5.12 Å². The Hall–Kier alpha value is -0.740. The van der Waals surface area contributed by atoms with Crippen molar-refractivity contribution in [2.24, 2.45) is 11.3 Å². The van der Waals surface area contributed by atoms with Gasteiger partial charge in [-0.05, 0) is 45.1 Å². The monoisotopic (exact) mass is 368 g/mol. The van der Waals surface area contributed by atoms with Crippen LogP contribution in [0.5, 0.6) is 0 Å². The fraction of sp³-hybridized carbons (Fsp3) is 0.600. The minimum atomic E-state index is -0.226. The van der Waals surface area contributed by atoms with Crippen LogP contribution in [-0.2, 0) is 9.59 Å². The van der Waals surface area contributed by atoms with E-state index in [1.54, 1.807) is 12.2 Å². The molecule has 0 bridgehead atoms. The van der Waals surface area contributed by atoms with Crippen molar-refractivity contribution < 1.29 is 9.59 Å². The standard InChI is InChI=1S/C20H32O2S2/c1-10-20(8,9)12-18(22)24-19(16(7)14(4)5)23-17(21)11-15(6)13(2)3/h10-11,13,19H,1,12H2,2-9H3. The Kier molecular flexibility index (Phi) is 9.98. The van der Waals surface area contributed by atoms with E-state index in [2.05, 4.69) is 20.4 Å². The van der Waals surface area contributed by atoms with Crippen LogP contribution < -0.4 is 0 Å². The van der Waals surface area contributed by atoms with E-state index in [4.69, 9.17) is 0 Å². The SMILES string of the molecule is C=CC(C)(C)CC(=O)SC(SC(=O)C=C(C)C(C)C)C(C)=C(C)C. The highest BCUT2D eigenvalue weighted by molar-refractivity contribution is 8.30. The molecule has 0 rings (SSSR count). The maximum atomic E-state index is 12.4. The second-order valence-corrected chi connectivity index (χ2v) is 9.92. The van der Waals surface area contributed by atoms with Gasteiger partial charge in [0, 0.05) is 6.42 Å². The summed E-state index contributed by atoms with van der Waals surface area (Å²) in [6.45, 7) is 19.9. The summed E-state index contributed by atoms with van der Waals surface area (Å²) in [5, 5.41) is 0.102. The molecule has 0 spiro atoms. The first-order valence-corrected chi connectivity index (χ1v) is 10.0. The van der Waals surface area contributed by atoms with E-state index in [1.807, 2.05) is 41.5 Å². The van der Waals surface area contributed by atoms with Crippen LogP contribution in [0.25, 0.3) is 0 Å². The third-order valence-corrected chi connectivity index (χ3v) is 6.48. The first-order chi connectivity index (χ1) is 10.9. The van der Waals surface area contributed by atoms with Crippen molar-refractivity contribution in [3.05, 3.63) is 35.5 Å². The number of rotatable bonds is 8. The molecule has 4 heteroatoms. The van der Waals surface area contributed by atoms with E-state index in [-0.39, 0.29) is 20.2 Å². The highest BCUT2D eigenvalue weighted by atomic mass is 32.2. The van der Waals surface area contributed by atoms with Crippen LogP contribution in [0.3, 0.4) is 0 Å². The third-order valence-electron chi connectivity index (χ3n) is 4.01. The van der Waals surface area contributed by atoms with Crippen molar-refractivity contribution in [2.75, 3.05) is 0 Å². The smallest absolute Gasteiger partial charge is 0.213 e. The first kappa shape index (κ1) is 23.3. The van der Waals surface area contributed by atoms with Gasteiger partial charge in [0.15, 0.2) is 5.12 Å². The van der Waals surface area contributed by atoms with Crippen molar-refractivity contribution in [3.8, 4) is 0 Å². The van der Waals surface area contributed by atoms with E-state index in [0.717, 1.165) is 16.7 Å². The zero-order valence-corrected chi connectivity index (χ0v) is 18.0. The molecular formula is C20H32O2S2. The maximum absolute atomic E-state index is 12.4. The van der Waals surface area contributed by atoms with Gasteiger partial charge in [-0.15, -0.1) is 6.58 Å². The summed E-state index contributed by atoms with van der Waals surface area (Å²) < 4.78 is -0.174. The van der Waals surface area contributed by atoms with Gasteiger partial charge in [-0.2, -0.15) is 0 Å². The van der Waals surface area contributed by atoms with Gasteiger partial charge in [-0.3, -0.25) is 9.59 Å². The lowest BCUT2D eigenvalue weighted by atomic mass is 9.90. The van der Waals surface area contributed by atoms with E-state index in [0.29, 0.717) is 12.3 Å². The Morgan fingerprint density at radius 1 is 1.08 bits per heavy atom. The molecule has 24 heavy (non-hydrogen) atoms. The molecule has 0 aliphatic heterocycles. The molecule has 0 N–H and O–H groups in total. The van der Waals surface area contributed by atoms with Crippen molar-refractivity contribution >= 4 is 33.8 Å².